The van der Waals surface area contributed by atoms with Crippen LogP contribution in [0, 0.1) is 11.6 Å². The summed E-state index contributed by atoms with van der Waals surface area (Å²) in [6.45, 7) is 0. The number of fused-ring (bicyclic) bond motifs is 2. The van der Waals surface area contributed by atoms with Gasteiger partial charge in [-0.05, 0) is 91.0 Å². The Bertz CT molecular complexity index is 2830. The first kappa shape index (κ1) is 33.0. The fourth-order valence-corrected chi connectivity index (χ4v) is 7.08. The second-order valence-electron chi connectivity index (χ2n) is 13.3. The van der Waals surface area contributed by atoms with Gasteiger partial charge in [-0.15, -0.1) is 0 Å². The quantitative estimate of drug-likeness (QED) is 0.163. The van der Waals surface area contributed by atoms with Crippen LogP contribution in [0.3, 0.4) is 0 Å². The van der Waals surface area contributed by atoms with Gasteiger partial charge in [0, 0.05) is 27.8 Å². The van der Waals surface area contributed by atoms with Crippen molar-refractivity contribution in [3.8, 4) is 68.3 Å². The van der Waals surface area contributed by atoms with E-state index in [4.69, 9.17) is 24.9 Å². The number of para-hydroxylation sites is 4. The van der Waals surface area contributed by atoms with Crippen molar-refractivity contribution in [2.75, 3.05) is 0 Å². The molecule has 0 radical (unpaired) electrons. The number of imidazole rings is 2. The van der Waals surface area contributed by atoms with Gasteiger partial charge in [0.05, 0.1) is 33.4 Å². The molecule has 0 saturated carbocycles. The standard InChI is InChI=1S/C47H29F2N7/c48-35-23-19-30(20-24-35)43-52-44(31-21-25-36(49)26-22-31)54-45(53-43)34-27-37(55-41-17-9-7-15-39(41)50-46(55)32-11-3-1-4-12-32)29-38(28-34)56-42-18-10-8-16-40(42)51-47(56)33-13-5-2-6-14-33/h1-29H. The van der Waals surface area contributed by atoms with Crippen LogP contribution in [0.2, 0.25) is 0 Å². The van der Waals surface area contributed by atoms with E-state index < -0.39 is 0 Å². The van der Waals surface area contributed by atoms with Crippen LogP contribution in [-0.4, -0.2) is 34.1 Å². The van der Waals surface area contributed by atoms with Crippen molar-refractivity contribution in [2.24, 2.45) is 0 Å². The van der Waals surface area contributed by atoms with Crippen LogP contribution < -0.4 is 0 Å². The Morgan fingerprint density at radius 2 is 0.696 bits per heavy atom. The maximum atomic E-state index is 14.1. The van der Waals surface area contributed by atoms with E-state index in [-0.39, 0.29) is 11.6 Å². The van der Waals surface area contributed by atoms with Crippen LogP contribution >= 0.6 is 0 Å². The molecule has 0 atom stereocenters. The predicted octanol–water partition coefficient (Wildman–Crippen LogP) is 11.2. The molecule has 0 unspecified atom stereocenters. The highest BCUT2D eigenvalue weighted by Crippen LogP contribution is 2.36. The lowest BCUT2D eigenvalue weighted by molar-refractivity contribution is 0.627. The van der Waals surface area contributed by atoms with E-state index >= 15 is 0 Å². The number of benzene rings is 7. The fourth-order valence-electron chi connectivity index (χ4n) is 7.08. The normalized spacial score (nSPS) is 11.4. The lowest BCUT2D eigenvalue weighted by atomic mass is 10.1. The Balaban J connectivity index is 1.29. The molecule has 0 amide bonds. The Kier molecular flexibility index (Phi) is 8.03. The minimum absolute atomic E-state index is 0.345. The predicted molar refractivity (Wildman–Crippen MR) is 216 cm³/mol. The van der Waals surface area contributed by atoms with Gasteiger partial charge in [-0.3, -0.25) is 9.13 Å². The van der Waals surface area contributed by atoms with E-state index in [0.29, 0.717) is 34.2 Å². The molecule has 7 aromatic carbocycles. The smallest absolute Gasteiger partial charge is 0.164 e. The molecule has 0 aliphatic carbocycles. The van der Waals surface area contributed by atoms with E-state index in [1.54, 1.807) is 24.3 Å². The second-order valence-corrected chi connectivity index (χ2v) is 13.3. The molecule has 9 heteroatoms. The molecule has 3 aromatic heterocycles. The molecule has 10 aromatic rings. The van der Waals surface area contributed by atoms with E-state index in [2.05, 4.69) is 51.6 Å². The summed E-state index contributed by atoms with van der Waals surface area (Å²) in [5.41, 5.74) is 8.94. The van der Waals surface area contributed by atoms with E-state index in [1.807, 2.05) is 84.9 Å². The van der Waals surface area contributed by atoms with Crippen LogP contribution in [0.25, 0.3) is 90.4 Å². The van der Waals surface area contributed by atoms with Gasteiger partial charge in [-0.2, -0.15) is 0 Å². The van der Waals surface area contributed by atoms with Crippen molar-refractivity contribution >= 4 is 22.1 Å². The van der Waals surface area contributed by atoms with Crippen molar-refractivity contribution in [3.05, 3.63) is 188 Å². The fraction of sp³-hybridized carbons (Fsp3) is 0. The first-order valence-corrected chi connectivity index (χ1v) is 18.1. The van der Waals surface area contributed by atoms with Crippen molar-refractivity contribution in [1.29, 1.82) is 0 Å². The highest BCUT2D eigenvalue weighted by atomic mass is 19.1. The summed E-state index contributed by atoms with van der Waals surface area (Å²) in [6, 6.07) is 54.6. The lowest BCUT2D eigenvalue weighted by Gasteiger charge is -2.17. The molecule has 0 saturated heterocycles. The first-order valence-electron chi connectivity index (χ1n) is 18.1. The summed E-state index contributed by atoms with van der Waals surface area (Å²) in [6.07, 6.45) is 0. The number of nitrogens with zero attached hydrogens (tertiary/aromatic N) is 7. The number of halogens is 2. The minimum Gasteiger partial charge on any atom is -0.292 e. The molecule has 0 N–H and O–H groups in total. The summed E-state index contributed by atoms with van der Waals surface area (Å²) in [5.74, 6) is 1.85. The second kappa shape index (κ2) is 13.6. The van der Waals surface area contributed by atoms with Gasteiger partial charge in [-0.1, -0.05) is 84.9 Å². The van der Waals surface area contributed by atoms with Gasteiger partial charge >= 0.3 is 0 Å². The molecule has 10 rings (SSSR count). The van der Waals surface area contributed by atoms with Crippen molar-refractivity contribution in [3.63, 3.8) is 0 Å². The van der Waals surface area contributed by atoms with Crippen molar-refractivity contribution < 1.29 is 8.78 Å². The van der Waals surface area contributed by atoms with Crippen LogP contribution in [0.1, 0.15) is 0 Å². The molecular formula is C47H29F2N7. The average Bonchev–Trinajstić information content (AvgIpc) is 3.84. The molecule has 56 heavy (non-hydrogen) atoms. The molecule has 0 bridgehead atoms. The molecule has 0 aliphatic heterocycles. The van der Waals surface area contributed by atoms with Gasteiger partial charge < -0.3 is 0 Å². The molecule has 0 fully saturated rings. The lowest BCUT2D eigenvalue weighted by Crippen LogP contribution is -2.05. The van der Waals surface area contributed by atoms with E-state index in [1.165, 1.54) is 24.3 Å². The molecule has 3 heterocycles. The Morgan fingerprint density at radius 1 is 0.321 bits per heavy atom. The Morgan fingerprint density at radius 3 is 1.12 bits per heavy atom. The van der Waals surface area contributed by atoms with E-state index in [9.17, 15) is 8.78 Å². The maximum absolute atomic E-state index is 14.1. The SMILES string of the molecule is Fc1ccc(-c2nc(-c3ccc(F)cc3)nc(-c3cc(-n4c(-c5ccccc5)nc5ccccc54)cc(-n4c(-c5ccccc5)nc5ccccc54)c3)n2)cc1. The number of rotatable bonds is 7. The van der Waals surface area contributed by atoms with Crippen molar-refractivity contribution in [2.45, 2.75) is 0 Å². The van der Waals surface area contributed by atoms with Gasteiger partial charge in [0.2, 0.25) is 0 Å². The Labute approximate surface area is 319 Å². The zero-order valence-corrected chi connectivity index (χ0v) is 29.6. The molecule has 7 nitrogen and oxygen atoms in total. The van der Waals surface area contributed by atoms with E-state index in [0.717, 1.165) is 56.2 Å². The van der Waals surface area contributed by atoms with Gasteiger partial charge in [-0.25, -0.2) is 33.7 Å². The summed E-state index contributed by atoms with van der Waals surface area (Å²) < 4.78 is 32.5. The largest absolute Gasteiger partial charge is 0.292 e. The summed E-state index contributed by atoms with van der Waals surface area (Å²) in [5, 5.41) is 0. The van der Waals surface area contributed by atoms with Crippen LogP contribution in [0.5, 0.6) is 0 Å². The highest BCUT2D eigenvalue weighted by molar-refractivity contribution is 5.86. The van der Waals surface area contributed by atoms with Gasteiger partial charge in [0.1, 0.15) is 23.3 Å². The number of aromatic nitrogens is 7. The third-order valence-electron chi connectivity index (χ3n) is 9.70. The monoisotopic (exact) mass is 729 g/mol. The third kappa shape index (κ3) is 5.97. The van der Waals surface area contributed by atoms with Gasteiger partial charge in [0.15, 0.2) is 17.5 Å². The average molecular weight is 730 g/mol. The zero-order chi connectivity index (χ0) is 37.6. The third-order valence-corrected chi connectivity index (χ3v) is 9.70. The summed E-state index contributed by atoms with van der Waals surface area (Å²) in [4.78, 5) is 25.1. The minimum atomic E-state index is -0.373. The molecule has 0 aliphatic rings. The highest BCUT2D eigenvalue weighted by Gasteiger charge is 2.21. The molecule has 266 valence electrons. The summed E-state index contributed by atoms with van der Waals surface area (Å²) >= 11 is 0. The van der Waals surface area contributed by atoms with Crippen molar-refractivity contribution in [1.82, 2.24) is 34.1 Å². The Hall–Kier alpha value is -7.65. The number of hydrogen-bond acceptors (Lipinski definition) is 5. The molecule has 0 spiro atoms. The maximum Gasteiger partial charge on any atom is 0.164 e. The van der Waals surface area contributed by atoms with Gasteiger partial charge in [0.25, 0.3) is 0 Å². The zero-order valence-electron chi connectivity index (χ0n) is 29.6. The number of hydrogen-bond donors (Lipinski definition) is 0. The first-order chi connectivity index (χ1) is 27.6. The topological polar surface area (TPSA) is 74.3 Å². The van der Waals surface area contributed by atoms with Crippen LogP contribution in [0.15, 0.2) is 176 Å². The van der Waals surface area contributed by atoms with Crippen LogP contribution in [-0.2, 0) is 0 Å². The van der Waals surface area contributed by atoms with Crippen LogP contribution in [0.4, 0.5) is 8.78 Å². The summed E-state index contributed by atoms with van der Waals surface area (Å²) in [7, 11) is 0. The molecular weight excluding hydrogens is 701 g/mol.